The summed E-state index contributed by atoms with van der Waals surface area (Å²) in [5.41, 5.74) is 0.728. The molecule has 0 spiro atoms. The molecule has 1 amide bonds. The molecule has 9 heteroatoms. The first-order chi connectivity index (χ1) is 12.6. The van der Waals surface area contributed by atoms with Gasteiger partial charge in [-0.05, 0) is 17.7 Å². The van der Waals surface area contributed by atoms with Crippen molar-refractivity contribution in [1.82, 2.24) is 20.3 Å². The first-order valence-electron chi connectivity index (χ1n) is 8.27. The number of rotatable bonds is 6. The van der Waals surface area contributed by atoms with Crippen molar-refractivity contribution in [3.8, 4) is 6.01 Å². The summed E-state index contributed by atoms with van der Waals surface area (Å²) in [4.78, 5) is 26.9. The number of nitrogens with one attached hydrogen (secondary N) is 1. The number of amides is 1. The van der Waals surface area contributed by atoms with Crippen LogP contribution in [0.4, 0.5) is 10.3 Å². The first-order valence-corrected chi connectivity index (χ1v) is 8.27. The Morgan fingerprint density at radius 2 is 1.96 bits per heavy atom. The van der Waals surface area contributed by atoms with E-state index in [2.05, 4.69) is 20.3 Å². The van der Waals surface area contributed by atoms with Crippen LogP contribution >= 0.6 is 0 Å². The highest BCUT2D eigenvalue weighted by Gasteiger charge is 2.17. The van der Waals surface area contributed by atoms with Crippen molar-refractivity contribution >= 4 is 11.9 Å². The summed E-state index contributed by atoms with van der Waals surface area (Å²) in [5.74, 6) is 0.375. The number of carbonyl (C=O) groups excluding carboxylic acids is 1. The molecule has 1 fully saturated rings. The fraction of sp³-hybridized carbons (Fsp3) is 0.412. The Labute approximate surface area is 150 Å². The zero-order valence-corrected chi connectivity index (χ0v) is 14.4. The summed E-state index contributed by atoms with van der Waals surface area (Å²) >= 11 is 0. The van der Waals surface area contributed by atoms with E-state index in [0.717, 1.165) is 5.56 Å². The second-order valence-corrected chi connectivity index (χ2v) is 5.72. The molecular weight excluding hydrogens is 341 g/mol. The van der Waals surface area contributed by atoms with Crippen molar-refractivity contribution in [3.05, 3.63) is 41.5 Å². The summed E-state index contributed by atoms with van der Waals surface area (Å²) in [5, 5.41) is 2.76. The highest BCUT2D eigenvalue weighted by Crippen LogP contribution is 2.13. The van der Waals surface area contributed by atoms with Gasteiger partial charge < -0.3 is 19.7 Å². The predicted octanol–water partition coefficient (Wildman–Crippen LogP) is 0.715. The molecule has 2 heterocycles. The lowest BCUT2D eigenvalue weighted by atomic mass is 10.1. The highest BCUT2D eigenvalue weighted by atomic mass is 19.1. The summed E-state index contributed by atoms with van der Waals surface area (Å²) in [6, 6.07) is 6.01. The number of methoxy groups -OCH3 is 1. The van der Waals surface area contributed by atoms with Crippen molar-refractivity contribution in [2.24, 2.45) is 0 Å². The van der Waals surface area contributed by atoms with Gasteiger partial charge in [0.2, 0.25) is 11.9 Å². The third kappa shape index (κ3) is 4.85. The van der Waals surface area contributed by atoms with Crippen molar-refractivity contribution in [3.63, 3.8) is 0 Å². The lowest BCUT2D eigenvalue weighted by Crippen LogP contribution is -2.37. The summed E-state index contributed by atoms with van der Waals surface area (Å²) in [6.45, 7) is 2.73. The minimum Gasteiger partial charge on any atom is -0.467 e. The number of halogens is 1. The van der Waals surface area contributed by atoms with Crippen LogP contribution in [0.2, 0.25) is 0 Å². The van der Waals surface area contributed by atoms with E-state index in [1.165, 1.54) is 19.2 Å². The number of morpholine rings is 1. The SMILES string of the molecule is COc1nc(CNC(=O)Cc2ccc(F)cc2)nc(N2CCOCC2)n1. The number of hydrogen-bond donors (Lipinski definition) is 1. The van der Waals surface area contributed by atoms with Crippen LogP contribution in [-0.4, -0.2) is 54.3 Å². The molecule has 0 unspecified atom stereocenters. The van der Waals surface area contributed by atoms with E-state index in [-0.39, 0.29) is 30.7 Å². The number of ether oxygens (including phenoxy) is 2. The predicted molar refractivity (Wildman–Crippen MR) is 91.4 cm³/mol. The topological polar surface area (TPSA) is 89.5 Å². The molecule has 1 aliphatic heterocycles. The monoisotopic (exact) mass is 361 g/mol. The van der Waals surface area contributed by atoms with Crippen LogP contribution in [0.15, 0.2) is 24.3 Å². The zero-order chi connectivity index (χ0) is 18.4. The molecule has 1 N–H and O–H groups in total. The van der Waals surface area contributed by atoms with Crippen LogP contribution in [0.1, 0.15) is 11.4 Å². The Kier molecular flexibility index (Phi) is 5.90. The Morgan fingerprint density at radius 3 is 2.65 bits per heavy atom. The van der Waals surface area contributed by atoms with E-state index in [4.69, 9.17) is 9.47 Å². The van der Waals surface area contributed by atoms with Gasteiger partial charge in [0.1, 0.15) is 5.82 Å². The van der Waals surface area contributed by atoms with Gasteiger partial charge in [0.25, 0.3) is 0 Å². The molecule has 1 aromatic heterocycles. The van der Waals surface area contributed by atoms with E-state index < -0.39 is 0 Å². The highest BCUT2D eigenvalue weighted by molar-refractivity contribution is 5.78. The number of hydrogen-bond acceptors (Lipinski definition) is 7. The summed E-state index contributed by atoms with van der Waals surface area (Å²) < 4.78 is 23.4. The smallest absolute Gasteiger partial charge is 0.321 e. The largest absolute Gasteiger partial charge is 0.467 e. The Morgan fingerprint density at radius 1 is 1.23 bits per heavy atom. The maximum Gasteiger partial charge on any atom is 0.321 e. The minimum absolute atomic E-state index is 0.149. The van der Waals surface area contributed by atoms with Crippen molar-refractivity contribution in [1.29, 1.82) is 0 Å². The lowest BCUT2D eigenvalue weighted by Gasteiger charge is -2.26. The minimum atomic E-state index is -0.331. The van der Waals surface area contributed by atoms with Gasteiger partial charge in [-0.25, -0.2) is 4.39 Å². The van der Waals surface area contributed by atoms with Crippen molar-refractivity contribution < 1.29 is 18.7 Å². The third-order valence-corrected chi connectivity index (χ3v) is 3.85. The maximum atomic E-state index is 12.9. The van der Waals surface area contributed by atoms with Crippen molar-refractivity contribution in [2.45, 2.75) is 13.0 Å². The standard InChI is InChI=1S/C17H20FN5O3/c1-25-17-21-14(20-16(22-17)23-6-8-26-9-7-23)11-19-15(24)10-12-2-4-13(18)5-3-12/h2-5H,6-11H2,1H3,(H,19,24). The van der Waals surface area contributed by atoms with Crippen LogP contribution in [0, 0.1) is 5.82 Å². The van der Waals surface area contributed by atoms with Gasteiger partial charge in [0.15, 0.2) is 5.82 Å². The first kappa shape index (κ1) is 18.0. The van der Waals surface area contributed by atoms with Gasteiger partial charge in [0.05, 0.1) is 33.3 Å². The molecule has 1 saturated heterocycles. The lowest BCUT2D eigenvalue weighted by molar-refractivity contribution is -0.120. The molecule has 0 saturated carbocycles. The van der Waals surface area contributed by atoms with E-state index in [1.807, 2.05) is 4.90 Å². The molecule has 2 aromatic rings. The van der Waals surface area contributed by atoms with Gasteiger partial charge in [0, 0.05) is 13.1 Å². The van der Waals surface area contributed by atoms with Gasteiger partial charge >= 0.3 is 6.01 Å². The van der Waals surface area contributed by atoms with Crippen LogP contribution < -0.4 is 15.0 Å². The molecule has 0 aliphatic carbocycles. The van der Waals surface area contributed by atoms with Crippen LogP contribution in [0.3, 0.4) is 0 Å². The average molecular weight is 361 g/mol. The molecule has 26 heavy (non-hydrogen) atoms. The Bertz CT molecular complexity index is 751. The van der Waals surface area contributed by atoms with Crippen LogP contribution in [-0.2, 0) is 22.5 Å². The molecule has 0 atom stereocenters. The number of benzene rings is 1. The second kappa shape index (κ2) is 8.52. The zero-order valence-electron chi connectivity index (χ0n) is 14.4. The molecule has 3 rings (SSSR count). The molecule has 0 bridgehead atoms. The van der Waals surface area contributed by atoms with E-state index in [0.29, 0.717) is 38.1 Å². The molecule has 8 nitrogen and oxygen atoms in total. The average Bonchev–Trinajstić information content (AvgIpc) is 2.68. The number of carbonyl (C=O) groups is 1. The van der Waals surface area contributed by atoms with Gasteiger partial charge in [-0.1, -0.05) is 12.1 Å². The Hall–Kier alpha value is -2.81. The quantitative estimate of drug-likeness (QED) is 0.811. The van der Waals surface area contributed by atoms with E-state index >= 15 is 0 Å². The Balaban J connectivity index is 1.62. The molecular formula is C17H20FN5O3. The molecule has 1 aromatic carbocycles. The maximum absolute atomic E-state index is 12.9. The van der Waals surface area contributed by atoms with E-state index in [1.54, 1.807) is 12.1 Å². The van der Waals surface area contributed by atoms with Crippen LogP contribution in [0.5, 0.6) is 6.01 Å². The fourth-order valence-electron chi connectivity index (χ4n) is 2.49. The summed E-state index contributed by atoms with van der Waals surface area (Å²) in [7, 11) is 1.48. The van der Waals surface area contributed by atoms with Gasteiger partial charge in [-0.2, -0.15) is 15.0 Å². The van der Waals surface area contributed by atoms with E-state index in [9.17, 15) is 9.18 Å². The number of nitrogens with zero attached hydrogens (tertiary/aromatic N) is 4. The molecule has 0 radical (unpaired) electrons. The normalized spacial score (nSPS) is 14.2. The number of anilines is 1. The number of aromatic nitrogens is 3. The van der Waals surface area contributed by atoms with Gasteiger partial charge in [-0.3, -0.25) is 4.79 Å². The van der Waals surface area contributed by atoms with Crippen molar-refractivity contribution in [2.75, 3.05) is 38.3 Å². The molecule has 1 aliphatic rings. The van der Waals surface area contributed by atoms with Crippen LogP contribution in [0.25, 0.3) is 0 Å². The van der Waals surface area contributed by atoms with Gasteiger partial charge in [-0.15, -0.1) is 0 Å². The second-order valence-electron chi connectivity index (χ2n) is 5.72. The summed E-state index contributed by atoms with van der Waals surface area (Å²) in [6.07, 6.45) is 0.152. The third-order valence-electron chi connectivity index (χ3n) is 3.85. The molecule has 138 valence electrons. The fourth-order valence-corrected chi connectivity index (χ4v) is 2.49.